The molecule has 0 fully saturated rings. The molecule has 3 rings (SSSR count). The highest BCUT2D eigenvalue weighted by molar-refractivity contribution is 6.32. The molecule has 2 aromatic carbocycles. The van der Waals surface area contributed by atoms with E-state index in [1.807, 2.05) is 26.0 Å². The van der Waals surface area contributed by atoms with E-state index in [0.29, 0.717) is 40.5 Å². The Balaban J connectivity index is 2.07. The van der Waals surface area contributed by atoms with Crippen LogP contribution >= 0.6 is 11.6 Å². The molecule has 3 aromatic rings. The van der Waals surface area contributed by atoms with Gasteiger partial charge in [-0.05, 0) is 62.1 Å². The maximum absolute atomic E-state index is 13.5. The first kappa shape index (κ1) is 22.9. The summed E-state index contributed by atoms with van der Waals surface area (Å²) in [5.41, 5.74) is 3.00. The smallest absolute Gasteiger partial charge is 0.321 e. The zero-order valence-electron chi connectivity index (χ0n) is 17.8. The number of para-hydroxylation sites is 1. The third kappa shape index (κ3) is 4.35. The van der Waals surface area contributed by atoms with Crippen molar-refractivity contribution in [2.75, 3.05) is 5.32 Å². The zero-order valence-corrected chi connectivity index (χ0v) is 18.6. The van der Waals surface area contributed by atoms with E-state index in [-0.39, 0.29) is 11.6 Å². The number of amides is 1. The molecular weight excluding hydrogens is 425 g/mol. The van der Waals surface area contributed by atoms with Gasteiger partial charge >= 0.3 is 6.18 Å². The van der Waals surface area contributed by atoms with E-state index < -0.39 is 11.7 Å². The van der Waals surface area contributed by atoms with Crippen LogP contribution in [0.15, 0.2) is 42.5 Å². The van der Waals surface area contributed by atoms with E-state index in [9.17, 15) is 18.0 Å². The SMILES string of the molecule is CCc1ccc(Cl)c(CC)c1NC(=O)c1cc(C)n(-c2ccccc2C(F)(F)F)c1C. The molecule has 0 spiro atoms. The third-order valence-corrected chi connectivity index (χ3v) is 5.80. The van der Waals surface area contributed by atoms with Crippen LogP contribution in [0.25, 0.3) is 5.69 Å². The number of carbonyl (C=O) groups excluding carboxylic acids is 1. The van der Waals surface area contributed by atoms with E-state index >= 15 is 0 Å². The molecule has 1 heterocycles. The monoisotopic (exact) mass is 448 g/mol. The number of anilines is 1. The lowest BCUT2D eigenvalue weighted by atomic mass is 10.0. The van der Waals surface area contributed by atoms with Gasteiger partial charge in [-0.15, -0.1) is 0 Å². The molecule has 1 aromatic heterocycles. The highest BCUT2D eigenvalue weighted by atomic mass is 35.5. The van der Waals surface area contributed by atoms with Crippen molar-refractivity contribution in [3.05, 3.63) is 81.1 Å². The van der Waals surface area contributed by atoms with Gasteiger partial charge in [0.15, 0.2) is 0 Å². The number of aromatic nitrogens is 1. The number of halogens is 4. The number of alkyl halides is 3. The molecule has 0 aliphatic carbocycles. The van der Waals surface area contributed by atoms with Crippen molar-refractivity contribution in [2.24, 2.45) is 0 Å². The van der Waals surface area contributed by atoms with Crippen molar-refractivity contribution >= 4 is 23.2 Å². The van der Waals surface area contributed by atoms with E-state index in [4.69, 9.17) is 11.6 Å². The fourth-order valence-electron chi connectivity index (χ4n) is 3.92. The van der Waals surface area contributed by atoms with Crippen molar-refractivity contribution in [3.8, 4) is 5.69 Å². The van der Waals surface area contributed by atoms with E-state index in [2.05, 4.69) is 5.32 Å². The second kappa shape index (κ2) is 8.79. The van der Waals surface area contributed by atoms with Gasteiger partial charge < -0.3 is 9.88 Å². The van der Waals surface area contributed by atoms with Gasteiger partial charge in [0.2, 0.25) is 0 Å². The summed E-state index contributed by atoms with van der Waals surface area (Å²) in [5, 5.41) is 3.53. The molecule has 0 aliphatic heterocycles. The van der Waals surface area contributed by atoms with Gasteiger partial charge in [-0.25, -0.2) is 0 Å². The van der Waals surface area contributed by atoms with Crippen molar-refractivity contribution in [2.45, 2.75) is 46.7 Å². The molecule has 0 saturated heterocycles. The van der Waals surface area contributed by atoms with Crippen molar-refractivity contribution in [3.63, 3.8) is 0 Å². The summed E-state index contributed by atoms with van der Waals surface area (Å²) in [4.78, 5) is 13.2. The van der Waals surface area contributed by atoms with Gasteiger partial charge in [0, 0.05) is 22.1 Å². The number of hydrogen-bond acceptors (Lipinski definition) is 1. The minimum atomic E-state index is -4.50. The lowest BCUT2D eigenvalue weighted by Crippen LogP contribution is -2.16. The molecule has 0 saturated carbocycles. The van der Waals surface area contributed by atoms with Crippen LogP contribution in [-0.2, 0) is 19.0 Å². The number of carbonyl (C=O) groups is 1. The van der Waals surface area contributed by atoms with Gasteiger partial charge in [-0.2, -0.15) is 13.2 Å². The van der Waals surface area contributed by atoms with Gasteiger partial charge in [0.05, 0.1) is 16.8 Å². The quantitative estimate of drug-likeness (QED) is 0.442. The third-order valence-electron chi connectivity index (χ3n) is 5.44. The maximum Gasteiger partial charge on any atom is 0.418 e. The number of rotatable bonds is 5. The standard InChI is InChI=1S/C24H24ClF3N2O/c1-5-16-11-12-20(25)17(6-2)22(16)29-23(31)18-13-14(3)30(15(18)4)21-10-8-7-9-19(21)24(26,27)28/h7-13H,5-6H2,1-4H3,(H,29,31). The van der Waals surface area contributed by atoms with Gasteiger partial charge in [-0.3, -0.25) is 4.79 Å². The topological polar surface area (TPSA) is 34.0 Å². The van der Waals surface area contributed by atoms with Crippen molar-refractivity contribution < 1.29 is 18.0 Å². The molecule has 0 unspecified atom stereocenters. The lowest BCUT2D eigenvalue weighted by Gasteiger charge is -2.17. The summed E-state index contributed by atoms with van der Waals surface area (Å²) in [6.07, 6.45) is -3.16. The molecule has 31 heavy (non-hydrogen) atoms. The minimum absolute atomic E-state index is 0.00435. The van der Waals surface area contributed by atoms with Crippen LogP contribution in [0, 0.1) is 13.8 Å². The number of aryl methyl sites for hydroxylation is 2. The Morgan fingerprint density at radius 3 is 2.35 bits per heavy atom. The van der Waals surface area contributed by atoms with Crippen LogP contribution in [0.3, 0.4) is 0 Å². The highest BCUT2D eigenvalue weighted by Gasteiger charge is 2.34. The summed E-state index contributed by atoms with van der Waals surface area (Å²) in [7, 11) is 0. The van der Waals surface area contributed by atoms with Gasteiger partial charge in [0.25, 0.3) is 5.91 Å². The highest BCUT2D eigenvalue weighted by Crippen LogP contribution is 2.36. The average Bonchev–Trinajstić information content (AvgIpc) is 3.01. The number of nitrogens with one attached hydrogen (secondary N) is 1. The molecule has 164 valence electrons. The fourth-order valence-corrected chi connectivity index (χ4v) is 4.21. The Kier molecular flexibility index (Phi) is 6.51. The average molecular weight is 449 g/mol. The maximum atomic E-state index is 13.5. The molecule has 0 radical (unpaired) electrons. The molecule has 0 atom stereocenters. The zero-order chi connectivity index (χ0) is 22.9. The molecule has 0 bridgehead atoms. The first-order chi connectivity index (χ1) is 14.6. The van der Waals surface area contributed by atoms with Crippen LogP contribution in [0.1, 0.15) is 52.3 Å². The predicted molar refractivity (Wildman–Crippen MR) is 118 cm³/mol. The fraction of sp³-hybridized carbons (Fsp3) is 0.292. The van der Waals surface area contributed by atoms with E-state index in [0.717, 1.165) is 17.2 Å². The predicted octanol–water partition coefficient (Wildman–Crippen LogP) is 7.14. The van der Waals surface area contributed by atoms with Crippen molar-refractivity contribution in [1.29, 1.82) is 0 Å². The number of hydrogen-bond donors (Lipinski definition) is 1. The lowest BCUT2D eigenvalue weighted by molar-refractivity contribution is -0.137. The molecule has 3 nitrogen and oxygen atoms in total. The summed E-state index contributed by atoms with van der Waals surface area (Å²) in [6, 6.07) is 10.7. The largest absolute Gasteiger partial charge is 0.418 e. The normalized spacial score (nSPS) is 11.6. The Labute approximate surface area is 184 Å². The molecular formula is C24H24ClF3N2O. The summed E-state index contributed by atoms with van der Waals surface area (Å²) in [6.45, 7) is 7.27. The Morgan fingerprint density at radius 1 is 1.06 bits per heavy atom. The number of benzene rings is 2. The molecule has 7 heteroatoms. The second-order valence-corrected chi connectivity index (χ2v) is 7.76. The first-order valence-corrected chi connectivity index (χ1v) is 10.4. The molecule has 0 aliphatic rings. The van der Waals surface area contributed by atoms with Gasteiger partial charge in [0.1, 0.15) is 0 Å². The Bertz CT molecular complexity index is 1130. The van der Waals surface area contributed by atoms with Crippen LogP contribution < -0.4 is 5.32 Å². The van der Waals surface area contributed by atoms with Crippen LogP contribution in [0.4, 0.5) is 18.9 Å². The molecule has 1 N–H and O–H groups in total. The van der Waals surface area contributed by atoms with Crippen LogP contribution in [0.5, 0.6) is 0 Å². The first-order valence-electron chi connectivity index (χ1n) is 10.1. The van der Waals surface area contributed by atoms with Crippen LogP contribution in [0.2, 0.25) is 5.02 Å². The van der Waals surface area contributed by atoms with Gasteiger partial charge in [-0.1, -0.05) is 43.6 Å². The minimum Gasteiger partial charge on any atom is -0.321 e. The Morgan fingerprint density at radius 2 is 1.74 bits per heavy atom. The Hall–Kier alpha value is -2.73. The number of nitrogens with zero attached hydrogens (tertiary/aromatic N) is 1. The summed E-state index contributed by atoms with van der Waals surface area (Å²) in [5.74, 6) is -0.379. The second-order valence-electron chi connectivity index (χ2n) is 7.36. The summed E-state index contributed by atoms with van der Waals surface area (Å²) >= 11 is 6.33. The molecule has 1 amide bonds. The summed E-state index contributed by atoms with van der Waals surface area (Å²) < 4.78 is 42.1. The van der Waals surface area contributed by atoms with Crippen LogP contribution in [-0.4, -0.2) is 10.5 Å². The van der Waals surface area contributed by atoms with E-state index in [1.165, 1.54) is 16.7 Å². The van der Waals surface area contributed by atoms with Crippen molar-refractivity contribution in [1.82, 2.24) is 4.57 Å². The van der Waals surface area contributed by atoms with E-state index in [1.54, 1.807) is 26.0 Å².